The van der Waals surface area contributed by atoms with Crippen molar-refractivity contribution in [3.05, 3.63) is 65.4 Å². The number of carbonyl (C=O) groups excluding carboxylic acids is 1. The minimum atomic E-state index is -3.54. The summed E-state index contributed by atoms with van der Waals surface area (Å²) in [5, 5.41) is 8.30. The number of carbonyl (C=O) groups is 1. The van der Waals surface area contributed by atoms with E-state index in [4.69, 9.17) is 5.10 Å². The lowest BCUT2D eigenvalue weighted by atomic mass is 10.2. The summed E-state index contributed by atoms with van der Waals surface area (Å²) in [5.74, 6) is 0.0860. The molecule has 0 aliphatic heterocycles. The van der Waals surface area contributed by atoms with E-state index in [1.807, 2.05) is 24.3 Å². The van der Waals surface area contributed by atoms with Crippen LogP contribution in [0.5, 0.6) is 0 Å². The largest absolute Gasteiger partial charge is 0.306 e. The van der Waals surface area contributed by atoms with E-state index in [2.05, 4.69) is 10.3 Å². The topological polar surface area (TPSA) is 94.0 Å². The van der Waals surface area contributed by atoms with Gasteiger partial charge in [-0.05, 0) is 43.5 Å². The van der Waals surface area contributed by atoms with Gasteiger partial charge in [0.05, 0.1) is 26.4 Å². The summed E-state index contributed by atoms with van der Waals surface area (Å²) in [6.45, 7) is 0. The SMILES string of the molecule is CS(=O)(=O)c1ccccc1C(=O)Nc1c2c(nn1-c1nc3ccccc3s1)CCC2. The van der Waals surface area contributed by atoms with Gasteiger partial charge in [0.2, 0.25) is 5.13 Å². The number of para-hydroxylation sites is 1. The summed E-state index contributed by atoms with van der Waals surface area (Å²) in [7, 11) is -3.54. The molecule has 1 aliphatic rings. The number of aryl methyl sites for hydroxylation is 1. The fraction of sp³-hybridized carbons (Fsp3) is 0.190. The zero-order valence-corrected chi connectivity index (χ0v) is 17.8. The molecule has 1 amide bonds. The summed E-state index contributed by atoms with van der Waals surface area (Å²) < 4.78 is 27.0. The highest BCUT2D eigenvalue weighted by Crippen LogP contribution is 2.34. The third kappa shape index (κ3) is 3.20. The number of benzene rings is 2. The van der Waals surface area contributed by atoms with Crippen LogP contribution in [-0.2, 0) is 22.7 Å². The molecule has 0 atom stereocenters. The monoisotopic (exact) mass is 438 g/mol. The lowest BCUT2D eigenvalue weighted by Crippen LogP contribution is -2.19. The second-order valence-electron chi connectivity index (χ2n) is 7.23. The van der Waals surface area contributed by atoms with Crippen LogP contribution in [-0.4, -0.2) is 35.3 Å². The van der Waals surface area contributed by atoms with Crippen LogP contribution in [0.1, 0.15) is 28.0 Å². The molecule has 1 N–H and O–H groups in total. The first-order chi connectivity index (χ1) is 14.4. The lowest BCUT2D eigenvalue weighted by Gasteiger charge is -2.11. The predicted molar refractivity (Wildman–Crippen MR) is 116 cm³/mol. The van der Waals surface area contributed by atoms with E-state index in [0.29, 0.717) is 10.9 Å². The average Bonchev–Trinajstić information content (AvgIpc) is 3.42. The van der Waals surface area contributed by atoms with Crippen molar-refractivity contribution >= 4 is 43.1 Å². The number of nitrogens with zero attached hydrogens (tertiary/aromatic N) is 3. The first kappa shape index (κ1) is 19.0. The van der Waals surface area contributed by atoms with Crippen LogP contribution in [0.25, 0.3) is 15.3 Å². The minimum Gasteiger partial charge on any atom is -0.306 e. The van der Waals surface area contributed by atoms with Crippen molar-refractivity contribution < 1.29 is 13.2 Å². The molecule has 4 aromatic rings. The van der Waals surface area contributed by atoms with Gasteiger partial charge in [-0.3, -0.25) is 4.79 Å². The molecular weight excluding hydrogens is 420 g/mol. The quantitative estimate of drug-likeness (QED) is 0.525. The third-order valence-corrected chi connectivity index (χ3v) is 7.30. The van der Waals surface area contributed by atoms with Crippen molar-refractivity contribution in [2.45, 2.75) is 24.2 Å². The number of rotatable bonds is 4. The van der Waals surface area contributed by atoms with E-state index in [0.717, 1.165) is 47.0 Å². The molecule has 0 fully saturated rings. The maximum atomic E-state index is 13.1. The Morgan fingerprint density at radius 2 is 1.87 bits per heavy atom. The molecule has 0 spiro atoms. The van der Waals surface area contributed by atoms with Gasteiger partial charge in [0, 0.05) is 11.8 Å². The van der Waals surface area contributed by atoms with Gasteiger partial charge in [-0.25, -0.2) is 13.4 Å². The van der Waals surface area contributed by atoms with Gasteiger partial charge in [-0.15, -0.1) is 0 Å². The summed E-state index contributed by atoms with van der Waals surface area (Å²) in [4.78, 5) is 17.8. The smallest absolute Gasteiger partial charge is 0.258 e. The minimum absolute atomic E-state index is 0.00481. The molecule has 0 saturated carbocycles. The molecule has 7 nitrogen and oxygen atoms in total. The molecule has 152 valence electrons. The van der Waals surface area contributed by atoms with Crippen molar-refractivity contribution in [3.8, 4) is 5.13 Å². The number of aromatic nitrogens is 3. The highest BCUT2D eigenvalue weighted by atomic mass is 32.2. The number of anilines is 1. The maximum absolute atomic E-state index is 13.1. The lowest BCUT2D eigenvalue weighted by molar-refractivity contribution is 0.102. The van der Waals surface area contributed by atoms with Crippen LogP contribution in [0.4, 0.5) is 5.82 Å². The number of hydrogen-bond donors (Lipinski definition) is 1. The van der Waals surface area contributed by atoms with E-state index in [9.17, 15) is 13.2 Å². The van der Waals surface area contributed by atoms with Crippen LogP contribution in [0.2, 0.25) is 0 Å². The van der Waals surface area contributed by atoms with Gasteiger partial charge in [0.25, 0.3) is 5.91 Å². The fourth-order valence-electron chi connectivity index (χ4n) is 3.76. The number of hydrogen-bond acceptors (Lipinski definition) is 6. The molecule has 0 bridgehead atoms. The third-order valence-electron chi connectivity index (χ3n) is 5.13. The number of fused-ring (bicyclic) bond motifs is 2. The Morgan fingerprint density at radius 3 is 2.67 bits per heavy atom. The van der Waals surface area contributed by atoms with E-state index >= 15 is 0 Å². The summed E-state index contributed by atoms with van der Waals surface area (Å²) in [6.07, 6.45) is 3.73. The average molecular weight is 439 g/mol. The molecule has 2 aromatic heterocycles. The number of nitrogens with one attached hydrogen (secondary N) is 1. The number of thiazole rings is 1. The molecular formula is C21H18N4O3S2. The Morgan fingerprint density at radius 1 is 1.10 bits per heavy atom. The number of amides is 1. The van der Waals surface area contributed by atoms with E-state index in [-0.39, 0.29) is 10.5 Å². The summed E-state index contributed by atoms with van der Waals surface area (Å²) >= 11 is 1.49. The normalized spacial score (nSPS) is 13.5. The maximum Gasteiger partial charge on any atom is 0.258 e. The second-order valence-corrected chi connectivity index (χ2v) is 10.2. The van der Waals surface area contributed by atoms with Crippen molar-refractivity contribution in [1.82, 2.24) is 14.8 Å². The van der Waals surface area contributed by atoms with E-state index in [1.165, 1.54) is 23.5 Å². The van der Waals surface area contributed by atoms with Crippen LogP contribution in [0.3, 0.4) is 0 Å². The Balaban J connectivity index is 1.60. The van der Waals surface area contributed by atoms with Crippen molar-refractivity contribution in [3.63, 3.8) is 0 Å². The molecule has 1 aliphatic carbocycles. The van der Waals surface area contributed by atoms with E-state index in [1.54, 1.807) is 16.8 Å². The molecule has 0 unspecified atom stereocenters. The van der Waals surface area contributed by atoms with Gasteiger partial charge in [0.1, 0.15) is 5.82 Å². The zero-order valence-electron chi connectivity index (χ0n) is 16.1. The van der Waals surface area contributed by atoms with Crippen LogP contribution in [0.15, 0.2) is 53.4 Å². The first-order valence-electron chi connectivity index (χ1n) is 9.49. The Hall–Kier alpha value is -3.04. The van der Waals surface area contributed by atoms with Gasteiger partial charge < -0.3 is 5.32 Å². The van der Waals surface area contributed by atoms with Crippen molar-refractivity contribution in [2.24, 2.45) is 0 Å². The number of sulfone groups is 1. The molecule has 30 heavy (non-hydrogen) atoms. The highest BCUT2D eigenvalue weighted by Gasteiger charge is 2.27. The fourth-order valence-corrected chi connectivity index (χ4v) is 5.57. The molecule has 2 heterocycles. The molecule has 0 radical (unpaired) electrons. The Labute approximate surface area is 177 Å². The summed E-state index contributed by atoms with van der Waals surface area (Å²) in [6, 6.07) is 14.0. The van der Waals surface area contributed by atoms with Crippen LogP contribution >= 0.6 is 11.3 Å². The van der Waals surface area contributed by atoms with Gasteiger partial charge in [-0.2, -0.15) is 9.78 Å². The predicted octanol–water partition coefficient (Wildman–Crippen LogP) is 3.63. The van der Waals surface area contributed by atoms with Gasteiger partial charge in [-0.1, -0.05) is 35.6 Å². The van der Waals surface area contributed by atoms with Crippen molar-refractivity contribution in [2.75, 3.05) is 11.6 Å². The molecule has 9 heteroatoms. The van der Waals surface area contributed by atoms with Gasteiger partial charge >= 0.3 is 0 Å². The Kier molecular flexibility index (Phi) is 4.44. The molecule has 2 aromatic carbocycles. The second kappa shape index (κ2) is 7.03. The highest BCUT2D eigenvalue weighted by molar-refractivity contribution is 7.90. The Bertz CT molecular complexity index is 1370. The van der Waals surface area contributed by atoms with E-state index < -0.39 is 15.7 Å². The first-order valence-corrected chi connectivity index (χ1v) is 12.2. The molecule has 0 saturated heterocycles. The van der Waals surface area contributed by atoms with Gasteiger partial charge in [0.15, 0.2) is 9.84 Å². The summed E-state index contributed by atoms with van der Waals surface area (Å²) in [5.41, 5.74) is 2.91. The zero-order chi connectivity index (χ0) is 20.9. The van der Waals surface area contributed by atoms with Crippen LogP contribution in [0, 0.1) is 0 Å². The molecule has 5 rings (SSSR count). The van der Waals surface area contributed by atoms with Crippen LogP contribution < -0.4 is 5.32 Å². The van der Waals surface area contributed by atoms with Crippen molar-refractivity contribution in [1.29, 1.82) is 0 Å². The standard InChI is InChI=1S/C21H18N4O3S2/c1-30(27,28)18-12-5-2-7-14(18)20(26)23-19-13-8-6-10-15(13)24-25(19)21-22-16-9-3-4-11-17(16)29-21/h2-5,7,9,11-12H,6,8,10H2,1H3,(H,23,26).